The summed E-state index contributed by atoms with van der Waals surface area (Å²) in [5, 5.41) is 1.82. The van der Waals surface area contributed by atoms with Gasteiger partial charge in [0.1, 0.15) is 0 Å². The molecule has 1 aromatic rings. The number of para-hydroxylation sites is 1. The molecule has 0 bridgehead atoms. The van der Waals surface area contributed by atoms with Crippen LogP contribution in [0.25, 0.3) is 0 Å². The molecule has 0 unspecified atom stereocenters. The van der Waals surface area contributed by atoms with Gasteiger partial charge < -0.3 is 14.8 Å². The Kier molecular flexibility index (Phi) is 5.97. The number of benzene rings is 1. The van der Waals surface area contributed by atoms with Crippen molar-refractivity contribution < 1.29 is 27.4 Å². The fourth-order valence-corrected chi connectivity index (χ4v) is 1.54. The number of nitrogens with one attached hydrogen (secondary N) is 1. The molecule has 0 radical (unpaired) electrons. The number of amides is 1. The van der Waals surface area contributed by atoms with Gasteiger partial charge in [-0.1, -0.05) is 18.2 Å². The maximum Gasteiger partial charge on any atom is 0.471 e. The minimum Gasteiger partial charge on any atom is -0.349 e. The number of carbonyl (C=O) groups is 1. The van der Waals surface area contributed by atoms with Crippen LogP contribution in [0.2, 0.25) is 0 Å². The van der Waals surface area contributed by atoms with Gasteiger partial charge >= 0.3 is 12.1 Å². The quantitative estimate of drug-likeness (QED) is 0.818. The first-order chi connectivity index (χ1) is 9.40. The zero-order valence-corrected chi connectivity index (χ0v) is 11.2. The van der Waals surface area contributed by atoms with E-state index in [1.54, 1.807) is 26.0 Å². The van der Waals surface area contributed by atoms with Crippen molar-refractivity contribution in [2.24, 2.45) is 0 Å². The van der Waals surface area contributed by atoms with Crippen molar-refractivity contribution in [1.29, 1.82) is 0 Å². The molecule has 0 aliphatic carbocycles. The van der Waals surface area contributed by atoms with Gasteiger partial charge in [-0.2, -0.15) is 13.2 Å². The van der Waals surface area contributed by atoms with E-state index in [0.29, 0.717) is 18.8 Å². The van der Waals surface area contributed by atoms with Crippen LogP contribution < -0.4 is 5.32 Å². The molecule has 20 heavy (non-hydrogen) atoms. The molecule has 0 saturated heterocycles. The van der Waals surface area contributed by atoms with E-state index < -0.39 is 18.4 Å². The number of carbonyl (C=O) groups excluding carboxylic acids is 1. The molecule has 1 N–H and O–H groups in total. The first-order valence-corrected chi connectivity index (χ1v) is 6.10. The van der Waals surface area contributed by atoms with Crippen molar-refractivity contribution in [3.05, 3.63) is 29.8 Å². The average Bonchev–Trinajstić information content (AvgIpc) is 2.38. The van der Waals surface area contributed by atoms with Gasteiger partial charge in [0.25, 0.3) is 0 Å². The Morgan fingerprint density at radius 2 is 1.75 bits per heavy atom. The zero-order chi connectivity index (χ0) is 15.2. The number of alkyl halides is 3. The first kappa shape index (κ1) is 16.5. The second-order valence-corrected chi connectivity index (χ2v) is 3.78. The van der Waals surface area contributed by atoms with Crippen LogP contribution >= 0.6 is 0 Å². The number of rotatable bonds is 6. The van der Waals surface area contributed by atoms with E-state index in [-0.39, 0.29) is 5.69 Å². The van der Waals surface area contributed by atoms with Gasteiger partial charge in [0.2, 0.25) is 0 Å². The summed E-state index contributed by atoms with van der Waals surface area (Å²) in [7, 11) is 0. The summed E-state index contributed by atoms with van der Waals surface area (Å²) in [6.07, 6.45) is -5.77. The molecular formula is C13H16F3NO3. The van der Waals surface area contributed by atoms with Crippen LogP contribution in [-0.2, 0) is 14.3 Å². The van der Waals surface area contributed by atoms with E-state index in [4.69, 9.17) is 9.47 Å². The number of hydrogen-bond donors (Lipinski definition) is 1. The Bertz CT molecular complexity index is 443. The van der Waals surface area contributed by atoms with Crippen molar-refractivity contribution in [3.63, 3.8) is 0 Å². The molecule has 1 aromatic carbocycles. The molecule has 0 saturated carbocycles. The normalized spacial score (nSPS) is 11.7. The lowest BCUT2D eigenvalue weighted by Gasteiger charge is -2.20. The number of hydrogen-bond acceptors (Lipinski definition) is 3. The molecule has 0 heterocycles. The summed E-state index contributed by atoms with van der Waals surface area (Å²) in [5.41, 5.74) is 0.357. The highest BCUT2D eigenvalue weighted by atomic mass is 19.4. The number of anilines is 1. The summed E-state index contributed by atoms with van der Waals surface area (Å²) in [6, 6.07) is 6.06. The molecule has 0 fully saturated rings. The second-order valence-electron chi connectivity index (χ2n) is 3.78. The van der Waals surface area contributed by atoms with Crippen LogP contribution in [0.15, 0.2) is 24.3 Å². The Balaban J connectivity index is 3.00. The van der Waals surface area contributed by atoms with Crippen LogP contribution in [0.3, 0.4) is 0 Å². The third-order valence-corrected chi connectivity index (χ3v) is 2.36. The number of halogens is 3. The smallest absolute Gasteiger partial charge is 0.349 e. The topological polar surface area (TPSA) is 47.6 Å². The maximum absolute atomic E-state index is 12.3. The third-order valence-electron chi connectivity index (χ3n) is 2.36. The second kappa shape index (κ2) is 7.25. The fraction of sp³-hybridized carbons (Fsp3) is 0.462. The molecule has 112 valence electrons. The van der Waals surface area contributed by atoms with Crippen molar-refractivity contribution in [2.45, 2.75) is 26.3 Å². The summed E-state index contributed by atoms with van der Waals surface area (Å²) >= 11 is 0. The lowest BCUT2D eigenvalue weighted by molar-refractivity contribution is -0.167. The van der Waals surface area contributed by atoms with Gasteiger partial charge in [0.05, 0.1) is 0 Å². The lowest BCUT2D eigenvalue weighted by Crippen LogP contribution is -2.30. The predicted octanol–water partition coefficient (Wildman–Crippen LogP) is 3.26. The highest BCUT2D eigenvalue weighted by molar-refractivity contribution is 5.95. The van der Waals surface area contributed by atoms with Crippen molar-refractivity contribution in [2.75, 3.05) is 18.5 Å². The molecule has 4 nitrogen and oxygen atoms in total. The zero-order valence-electron chi connectivity index (χ0n) is 11.2. The van der Waals surface area contributed by atoms with E-state index in [1.165, 1.54) is 12.1 Å². The fourth-order valence-electron chi connectivity index (χ4n) is 1.54. The molecule has 0 spiro atoms. The monoisotopic (exact) mass is 291 g/mol. The molecule has 0 aliphatic rings. The molecule has 1 rings (SSSR count). The van der Waals surface area contributed by atoms with Gasteiger partial charge in [0.15, 0.2) is 6.29 Å². The Morgan fingerprint density at radius 1 is 1.20 bits per heavy atom. The minimum absolute atomic E-state index is 0.0155. The van der Waals surface area contributed by atoms with E-state index in [2.05, 4.69) is 0 Å². The Morgan fingerprint density at radius 3 is 2.25 bits per heavy atom. The highest BCUT2D eigenvalue weighted by Gasteiger charge is 2.39. The van der Waals surface area contributed by atoms with Crippen LogP contribution in [0.4, 0.5) is 18.9 Å². The molecule has 0 aromatic heterocycles. The standard InChI is InChI=1S/C13H16F3NO3/c1-3-19-11(20-4-2)9-7-5-6-8-10(9)17-12(18)13(14,15)16/h5-8,11H,3-4H2,1-2H3,(H,17,18). The van der Waals surface area contributed by atoms with Gasteiger partial charge in [-0.3, -0.25) is 4.79 Å². The number of ether oxygens (including phenoxy) is 2. The molecular weight excluding hydrogens is 275 g/mol. The van der Waals surface area contributed by atoms with Crippen LogP contribution in [0.1, 0.15) is 25.7 Å². The van der Waals surface area contributed by atoms with E-state index in [9.17, 15) is 18.0 Å². The summed E-state index contributed by atoms with van der Waals surface area (Å²) in [5.74, 6) is -2.03. The van der Waals surface area contributed by atoms with Crippen molar-refractivity contribution in [3.8, 4) is 0 Å². The maximum atomic E-state index is 12.3. The van der Waals surface area contributed by atoms with Crippen LogP contribution in [0.5, 0.6) is 0 Å². The third kappa shape index (κ3) is 4.50. The van der Waals surface area contributed by atoms with Gasteiger partial charge in [0, 0.05) is 24.5 Å². The van der Waals surface area contributed by atoms with Crippen molar-refractivity contribution in [1.82, 2.24) is 0 Å². The minimum atomic E-state index is -4.94. The van der Waals surface area contributed by atoms with Crippen LogP contribution in [-0.4, -0.2) is 25.3 Å². The summed E-state index contributed by atoms with van der Waals surface area (Å²) < 4.78 is 47.5. The molecule has 1 amide bonds. The average molecular weight is 291 g/mol. The SMILES string of the molecule is CCOC(OCC)c1ccccc1NC(=O)C(F)(F)F. The molecule has 0 atom stereocenters. The van der Waals surface area contributed by atoms with E-state index in [1.807, 2.05) is 5.32 Å². The predicted molar refractivity (Wildman–Crippen MR) is 67.1 cm³/mol. The summed E-state index contributed by atoms with van der Waals surface area (Å²) in [4.78, 5) is 11.0. The van der Waals surface area contributed by atoms with Gasteiger partial charge in [-0.15, -0.1) is 0 Å². The summed E-state index contributed by atoms with van der Waals surface area (Å²) in [6.45, 7) is 4.13. The highest BCUT2D eigenvalue weighted by Crippen LogP contribution is 2.28. The van der Waals surface area contributed by atoms with Gasteiger partial charge in [-0.25, -0.2) is 0 Å². The van der Waals surface area contributed by atoms with Crippen molar-refractivity contribution >= 4 is 11.6 Å². The van der Waals surface area contributed by atoms with E-state index in [0.717, 1.165) is 0 Å². The Labute approximate surface area is 114 Å². The van der Waals surface area contributed by atoms with Crippen LogP contribution in [0, 0.1) is 0 Å². The first-order valence-electron chi connectivity index (χ1n) is 6.10. The Hall–Kier alpha value is -1.60. The lowest BCUT2D eigenvalue weighted by atomic mass is 10.1. The van der Waals surface area contributed by atoms with Gasteiger partial charge in [-0.05, 0) is 19.9 Å². The molecule has 7 heteroatoms. The largest absolute Gasteiger partial charge is 0.471 e. The molecule has 0 aliphatic heterocycles. The van der Waals surface area contributed by atoms with E-state index >= 15 is 0 Å².